The Balaban J connectivity index is 1.38. The molecule has 1 aromatic rings. The zero-order valence-electron chi connectivity index (χ0n) is 15.2. The van der Waals surface area contributed by atoms with Crippen LogP contribution in [0.25, 0.3) is 0 Å². The summed E-state index contributed by atoms with van der Waals surface area (Å²) in [5.41, 5.74) is 4.34. The summed E-state index contributed by atoms with van der Waals surface area (Å²) in [7, 11) is 0. The van der Waals surface area contributed by atoms with Gasteiger partial charge in [0.2, 0.25) is 0 Å². The Labute approximate surface area is 150 Å². The molecule has 2 bridgehead atoms. The van der Waals surface area contributed by atoms with Gasteiger partial charge in [0.15, 0.2) is 0 Å². The van der Waals surface area contributed by atoms with Gasteiger partial charge in [0.25, 0.3) is 0 Å². The highest BCUT2D eigenvalue weighted by Crippen LogP contribution is 2.54. The van der Waals surface area contributed by atoms with Crippen LogP contribution in [0.4, 0.5) is 0 Å². The van der Waals surface area contributed by atoms with Crippen LogP contribution in [0, 0.1) is 11.8 Å². The van der Waals surface area contributed by atoms with Crippen LogP contribution in [0.3, 0.4) is 0 Å². The van der Waals surface area contributed by atoms with Crippen molar-refractivity contribution in [2.75, 3.05) is 26.3 Å². The average Bonchev–Trinajstić information content (AvgIpc) is 3.33. The Morgan fingerprint density at radius 2 is 2.16 bits per heavy atom. The van der Waals surface area contributed by atoms with Gasteiger partial charge < -0.3 is 14.6 Å². The van der Waals surface area contributed by atoms with Crippen LogP contribution in [0.15, 0.2) is 12.1 Å². The molecule has 5 rings (SSSR count). The summed E-state index contributed by atoms with van der Waals surface area (Å²) in [6.45, 7) is 6.04. The molecule has 25 heavy (non-hydrogen) atoms. The predicted octanol–water partition coefficient (Wildman–Crippen LogP) is 2.55. The molecule has 3 heterocycles. The van der Waals surface area contributed by atoms with Gasteiger partial charge in [0.1, 0.15) is 5.75 Å². The molecule has 3 fully saturated rings. The predicted molar refractivity (Wildman–Crippen MR) is 95.8 cm³/mol. The lowest BCUT2D eigenvalue weighted by Gasteiger charge is -2.28. The van der Waals surface area contributed by atoms with E-state index in [0.717, 1.165) is 44.8 Å². The highest BCUT2D eigenvalue weighted by molar-refractivity contribution is 5.45. The van der Waals surface area contributed by atoms with Gasteiger partial charge in [-0.3, -0.25) is 4.90 Å². The van der Waals surface area contributed by atoms with Crippen LogP contribution in [0.2, 0.25) is 0 Å². The summed E-state index contributed by atoms with van der Waals surface area (Å²) in [5, 5.41) is 9.81. The number of aliphatic hydroxyl groups is 1. The molecule has 0 amide bonds. The second kappa shape index (κ2) is 5.97. The smallest absolute Gasteiger partial charge is 0.124 e. The van der Waals surface area contributed by atoms with E-state index in [2.05, 4.69) is 24.0 Å². The van der Waals surface area contributed by atoms with Crippen molar-refractivity contribution in [3.05, 3.63) is 28.8 Å². The summed E-state index contributed by atoms with van der Waals surface area (Å²) >= 11 is 0. The Hall–Kier alpha value is -1.10. The third kappa shape index (κ3) is 2.45. The van der Waals surface area contributed by atoms with Crippen molar-refractivity contribution in [3.8, 4) is 5.75 Å². The lowest BCUT2D eigenvalue weighted by molar-refractivity contribution is 0.000317. The molecule has 0 aromatic heterocycles. The van der Waals surface area contributed by atoms with E-state index in [4.69, 9.17) is 9.47 Å². The van der Waals surface area contributed by atoms with Crippen molar-refractivity contribution >= 4 is 0 Å². The lowest BCUT2D eigenvalue weighted by atomic mass is 9.74. The fourth-order valence-corrected chi connectivity index (χ4v) is 5.96. The van der Waals surface area contributed by atoms with Gasteiger partial charge in [0, 0.05) is 43.6 Å². The van der Waals surface area contributed by atoms with Crippen molar-refractivity contribution in [1.82, 2.24) is 4.90 Å². The minimum atomic E-state index is 0.0145. The summed E-state index contributed by atoms with van der Waals surface area (Å²) in [4.78, 5) is 2.54. The van der Waals surface area contributed by atoms with E-state index in [1.807, 2.05) is 0 Å². The van der Waals surface area contributed by atoms with E-state index < -0.39 is 0 Å². The Bertz CT molecular complexity index is 675. The monoisotopic (exact) mass is 343 g/mol. The molecule has 136 valence electrons. The summed E-state index contributed by atoms with van der Waals surface area (Å²) in [6.07, 6.45) is 6.26. The normalized spacial score (nSPS) is 36.0. The maximum atomic E-state index is 9.81. The van der Waals surface area contributed by atoms with E-state index in [0.29, 0.717) is 17.9 Å². The van der Waals surface area contributed by atoms with E-state index in [-0.39, 0.29) is 12.2 Å². The molecule has 4 aliphatic rings. The van der Waals surface area contributed by atoms with Gasteiger partial charge in [-0.2, -0.15) is 0 Å². The SMILES string of the molecule is CCOc1cc2c(cc1CN1C[C@H]3[C@@H](CO)[C@@H]4CC[C@@]3(C1)O4)CCC2. The third-order valence-corrected chi connectivity index (χ3v) is 7.03. The van der Waals surface area contributed by atoms with Gasteiger partial charge in [-0.25, -0.2) is 0 Å². The Kier molecular flexibility index (Phi) is 3.84. The third-order valence-electron chi connectivity index (χ3n) is 7.03. The van der Waals surface area contributed by atoms with Gasteiger partial charge in [-0.1, -0.05) is 6.07 Å². The maximum Gasteiger partial charge on any atom is 0.124 e. The van der Waals surface area contributed by atoms with E-state index in [1.54, 1.807) is 0 Å². The van der Waals surface area contributed by atoms with Crippen molar-refractivity contribution in [1.29, 1.82) is 0 Å². The maximum absolute atomic E-state index is 9.81. The topological polar surface area (TPSA) is 41.9 Å². The summed E-state index contributed by atoms with van der Waals surface area (Å²) in [5.74, 6) is 1.91. The number of aliphatic hydroxyl groups excluding tert-OH is 1. The molecule has 4 atom stereocenters. The molecule has 1 aliphatic carbocycles. The molecule has 1 aromatic carbocycles. The average molecular weight is 343 g/mol. The van der Waals surface area contributed by atoms with E-state index in [1.165, 1.54) is 36.0 Å². The number of hydrogen-bond acceptors (Lipinski definition) is 4. The second-order valence-corrected chi connectivity index (χ2v) is 8.40. The van der Waals surface area contributed by atoms with E-state index in [9.17, 15) is 5.11 Å². The van der Waals surface area contributed by atoms with Crippen LogP contribution in [0.1, 0.15) is 42.9 Å². The second-order valence-electron chi connectivity index (χ2n) is 8.40. The molecular formula is C21H29NO3. The van der Waals surface area contributed by atoms with Gasteiger partial charge in [-0.15, -0.1) is 0 Å². The first-order chi connectivity index (χ1) is 12.2. The minimum absolute atomic E-state index is 0.0145. The fraction of sp³-hybridized carbons (Fsp3) is 0.714. The first-order valence-corrected chi connectivity index (χ1v) is 10.0. The number of rotatable bonds is 5. The number of benzene rings is 1. The number of aryl methyl sites for hydroxylation is 2. The van der Waals surface area contributed by atoms with Gasteiger partial charge >= 0.3 is 0 Å². The van der Waals surface area contributed by atoms with Crippen molar-refractivity contribution in [3.63, 3.8) is 0 Å². The van der Waals surface area contributed by atoms with Gasteiger partial charge in [-0.05, 0) is 56.2 Å². The molecule has 1 spiro atoms. The zero-order chi connectivity index (χ0) is 17.0. The molecule has 4 heteroatoms. The Morgan fingerprint density at radius 1 is 1.32 bits per heavy atom. The quantitative estimate of drug-likeness (QED) is 0.892. The van der Waals surface area contributed by atoms with Crippen LogP contribution < -0.4 is 4.74 Å². The number of likely N-dealkylation sites (tertiary alicyclic amines) is 1. The largest absolute Gasteiger partial charge is 0.494 e. The van der Waals surface area contributed by atoms with Crippen LogP contribution in [-0.2, 0) is 24.1 Å². The van der Waals surface area contributed by atoms with E-state index >= 15 is 0 Å². The first kappa shape index (κ1) is 16.1. The molecular weight excluding hydrogens is 314 g/mol. The van der Waals surface area contributed by atoms with Crippen molar-refractivity contribution in [2.45, 2.75) is 57.3 Å². The molecule has 4 nitrogen and oxygen atoms in total. The standard InChI is InChI=1S/C21H29NO3/c1-2-24-20-9-15-5-3-4-14(15)8-16(20)10-22-11-18-17(12-23)19-6-7-21(18,13-22)25-19/h8-9,17-19,23H,2-7,10-13H2,1H3/t17-,18+,19+,21+/m1/s1. The summed E-state index contributed by atoms with van der Waals surface area (Å²) < 4.78 is 12.3. The lowest BCUT2D eigenvalue weighted by Crippen LogP contribution is -2.37. The number of nitrogens with zero attached hydrogens (tertiary/aromatic N) is 1. The molecule has 0 saturated carbocycles. The highest BCUT2D eigenvalue weighted by Gasteiger charge is 2.62. The minimum Gasteiger partial charge on any atom is -0.494 e. The number of hydrogen-bond donors (Lipinski definition) is 1. The fourth-order valence-electron chi connectivity index (χ4n) is 5.96. The van der Waals surface area contributed by atoms with Crippen molar-refractivity contribution in [2.24, 2.45) is 11.8 Å². The Morgan fingerprint density at radius 3 is 2.96 bits per heavy atom. The molecule has 0 radical (unpaired) electrons. The molecule has 0 unspecified atom stereocenters. The van der Waals surface area contributed by atoms with Crippen LogP contribution in [0.5, 0.6) is 5.75 Å². The van der Waals surface area contributed by atoms with Crippen LogP contribution >= 0.6 is 0 Å². The van der Waals surface area contributed by atoms with Gasteiger partial charge in [0.05, 0.1) is 18.3 Å². The van der Waals surface area contributed by atoms with Crippen molar-refractivity contribution < 1.29 is 14.6 Å². The first-order valence-electron chi connectivity index (χ1n) is 10.0. The molecule has 1 N–H and O–H groups in total. The number of ether oxygens (including phenoxy) is 2. The highest BCUT2D eigenvalue weighted by atomic mass is 16.5. The number of fused-ring (bicyclic) bond motifs is 2. The molecule has 3 aliphatic heterocycles. The zero-order valence-corrected chi connectivity index (χ0v) is 15.2. The summed E-state index contributed by atoms with van der Waals surface area (Å²) in [6, 6.07) is 4.68. The molecule has 3 saturated heterocycles. The van der Waals surface area contributed by atoms with Crippen LogP contribution in [-0.4, -0.2) is 48.0 Å².